The Morgan fingerprint density at radius 1 is 1.35 bits per heavy atom. The maximum Gasteiger partial charge on any atom is 0.0456 e. The van der Waals surface area contributed by atoms with Crippen molar-refractivity contribution in [1.29, 1.82) is 0 Å². The molecule has 1 heterocycles. The van der Waals surface area contributed by atoms with E-state index in [1.54, 1.807) is 0 Å². The van der Waals surface area contributed by atoms with Gasteiger partial charge in [0.15, 0.2) is 0 Å². The summed E-state index contributed by atoms with van der Waals surface area (Å²) in [6.07, 6.45) is 7.06. The molecule has 0 radical (unpaired) electrons. The third-order valence-corrected chi connectivity index (χ3v) is 4.08. The van der Waals surface area contributed by atoms with Gasteiger partial charge in [0.2, 0.25) is 0 Å². The second-order valence-corrected chi connectivity index (χ2v) is 5.13. The zero-order chi connectivity index (χ0) is 12.1. The van der Waals surface area contributed by atoms with Crippen LogP contribution in [0.4, 0.5) is 0 Å². The third kappa shape index (κ3) is 3.22. The van der Waals surface area contributed by atoms with Gasteiger partial charge in [-0.1, -0.05) is 38.0 Å². The lowest BCUT2D eigenvalue weighted by molar-refractivity contribution is 0.557. The summed E-state index contributed by atoms with van der Waals surface area (Å²) in [6.45, 7) is 2.25. The van der Waals surface area contributed by atoms with E-state index in [2.05, 4.69) is 68.8 Å². The molecular weight excluding hydrogens is 323 g/mol. The van der Waals surface area contributed by atoms with E-state index in [-0.39, 0.29) is 0 Å². The molecule has 0 saturated carbocycles. The predicted octanol–water partition coefficient (Wildman–Crippen LogP) is 4.21. The van der Waals surface area contributed by atoms with Crippen LogP contribution < -0.4 is 3.53 Å². The van der Waals surface area contributed by atoms with Gasteiger partial charge in [0.05, 0.1) is 0 Å². The van der Waals surface area contributed by atoms with Crippen molar-refractivity contribution >= 4 is 33.8 Å². The van der Waals surface area contributed by atoms with Crippen molar-refractivity contribution in [3.05, 3.63) is 36.0 Å². The number of aromatic nitrogens is 1. The molecule has 2 rings (SSSR count). The van der Waals surface area contributed by atoms with Crippen molar-refractivity contribution in [3.8, 4) is 0 Å². The largest absolute Gasteiger partial charge is 0.361 e. The van der Waals surface area contributed by atoms with Crippen molar-refractivity contribution in [2.45, 2.75) is 38.6 Å². The number of rotatable bonds is 6. The molecule has 0 fully saturated rings. The fraction of sp³-hybridized carbons (Fsp3) is 0.429. The minimum Gasteiger partial charge on any atom is -0.361 e. The summed E-state index contributed by atoms with van der Waals surface area (Å²) >= 11 is 2.28. The quantitative estimate of drug-likeness (QED) is 0.597. The number of halogens is 1. The lowest BCUT2D eigenvalue weighted by Crippen LogP contribution is -2.22. The zero-order valence-corrected chi connectivity index (χ0v) is 12.3. The molecule has 2 aromatic rings. The van der Waals surface area contributed by atoms with Crippen LogP contribution in [0.1, 0.15) is 31.7 Å². The van der Waals surface area contributed by atoms with E-state index < -0.39 is 0 Å². The van der Waals surface area contributed by atoms with Crippen LogP contribution in [0, 0.1) is 0 Å². The Morgan fingerprint density at radius 2 is 2.18 bits per heavy atom. The highest BCUT2D eigenvalue weighted by molar-refractivity contribution is 14.1. The first-order valence-corrected chi connectivity index (χ1v) is 7.34. The minimum absolute atomic E-state index is 0.578. The third-order valence-electron chi connectivity index (χ3n) is 3.20. The second kappa shape index (κ2) is 6.40. The molecule has 92 valence electrons. The second-order valence-electron chi connectivity index (χ2n) is 4.51. The molecule has 0 saturated heterocycles. The smallest absolute Gasteiger partial charge is 0.0456 e. The molecular formula is C14H19IN2. The van der Waals surface area contributed by atoms with E-state index >= 15 is 0 Å². The van der Waals surface area contributed by atoms with Crippen molar-refractivity contribution in [3.63, 3.8) is 0 Å². The first-order chi connectivity index (χ1) is 8.35. The summed E-state index contributed by atoms with van der Waals surface area (Å²) in [6, 6.07) is 9.10. The summed E-state index contributed by atoms with van der Waals surface area (Å²) in [5.41, 5.74) is 2.66. The van der Waals surface area contributed by atoms with E-state index in [9.17, 15) is 0 Å². The highest BCUT2D eigenvalue weighted by atomic mass is 127. The lowest BCUT2D eigenvalue weighted by atomic mass is 10.0. The van der Waals surface area contributed by atoms with Crippen LogP contribution >= 0.6 is 22.9 Å². The van der Waals surface area contributed by atoms with E-state index in [0.717, 1.165) is 6.42 Å². The van der Waals surface area contributed by atoms with E-state index in [4.69, 9.17) is 0 Å². The van der Waals surface area contributed by atoms with Crippen molar-refractivity contribution in [2.75, 3.05) is 0 Å². The van der Waals surface area contributed by atoms with Gasteiger partial charge in [-0.3, -0.25) is 3.53 Å². The van der Waals surface area contributed by atoms with Gasteiger partial charge >= 0.3 is 0 Å². The van der Waals surface area contributed by atoms with Crippen LogP contribution in [0.3, 0.4) is 0 Å². The molecule has 0 aliphatic heterocycles. The molecule has 2 nitrogen and oxygen atoms in total. The highest BCUT2D eigenvalue weighted by Crippen LogP contribution is 2.20. The van der Waals surface area contributed by atoms with Crippen molar-refractivity contribution in [2.24, 2.45) is 0 Å². The topological polar surface area (TPSA) is 27.8 Å². The Balaban J connectivity index is 2.11. The molecule has 0 aliphatic carbocycles. The molecule has 2 N–H and O–H groups in total. The number of H-pyrrole nitrogens is 1. The minimum atomic E-state index is 0.578. The Bertz CT molecular complexity index is 464. The molecule has 1 aromatic heterocycles. The van der Waals surface area contributed by atoms with Gasteiger partial charge in [0.1, 0.15) is 0 Å². The Hall–Kier alpha value is -0.550. The maximum absolute atomic E-state index is 3.40. The van der Waals surface area contributed by atoms with Gasteiger partial charge < -0.3 is 4.98 Å². The van der Waals surface area contributed by atoms with E-state index in [1.165, 1.54) is 35.7 Å². The first kappa shape index (κ1) is 12.9. The number of nitrogens with one attached hydrogen (secondary N) is 2. The van der Waals surface area contributed by atoms with Crippen LogP contribution in [-0.2, 0) is 6.42 Å². The van der Waals surface area contributed by atoms with Crippen LogP contribution in [-0.4, -0.2) is 11.0 Å². The lowest BCUT2D eigenvalue weighted by Gasteiger charge is -2.13. The average Bonchev–Trinajstić information content (AvgIpc) is 2.78. The van der Waals surface area contributed by atoms with Crippen LogP contribution in [0.25, 0.3) is 10.9 Å². The monoisotopic (exact) mass is 342 g/mol. The Kier molecular flexibility index (Phi) is 4.86. The van der Waals surface area contributed by atoms with Gasteiger partial charge in [-0.15, -0.1) is 0 Å². The van der Waals surface area contributed by atoms with Gasteiger partial charge in [0, 0.05) is 46.0 Å². The molecule has 0 aliphatic rings. The van der Waals surface area contributed by atoms with E-state index in [0.29, 0.717) is 6.04 Å². The van der Waals surface area contributed by atoms with Gasteiger partial charge in [0.25, 0.3) is 0 Å². The fourth-order valence-corrected chi connectivity index (χ4v) is 2.74. The predicted molar refractivity (Wildman–Crippen MR) is 82.5 cm³/mol. The number of benzene rings is 1. The molecule has 1 atom stereocenters. The summed E-state index contributed by atoms with van der Waals surface area (Å²) < 4.78 is 3.40. The molecule has 0 spiro atoms. The normalized spacial score (nSPS) is 13.1. The average molecular weight is 342 g/mol. The SMILES string of the molecule is CCCCC(Cc1c[nH]c2ccccc12)NI. The molecule has 0 amide bonds. The van der Waals surface area contributed by atoms with E-state index in [1.807, 2.05) is 0 Å². The van der Waals surface area contributed by atoms with Crippen molar-refractivity contribution < 1.29 is 0 Å². The fourth-order valence-electron chi connectivity index (χ4n) is 2.21. The summed E-state index contributed by atoms with van der Waals surface area (Å²) in [7, 11) is 0. The number of hydrogen-bond donors (Lipinski definition) is 2. The molecule has 0 bridgehead atoms. The number of para-hydroxylation sites is 1. The highest BCUT2D eigenvalue weighted by Gasteiger charge is 2.10. The van der Waals surface area contributed by atoms with Gasteiger partial charge in [-0.05, 0) is 24.5 Å². The van der Waals surface area contributed by atoms with Crippen molar-refractivity contribution in [1.82, 2.24) is 8.51 Å². The number of fused-ring (bicyclic) bond motifs is 1. The number of hydrogen-bond acceptors (Lipinski definition) is 1. The standard InChI is InChI=1S/C14H19IN2/c1-2-3-6-12(17-15)9-11-10-16-14-8-5-4-7-13(11)14/h4-5,7-8,10,12,16-17H,2-3,6,9H2,1H3. The maximum atomic E-state index is 3.40. The van der Waals surface area contributed by atoms with Crippen LogP contribution in [0.2, 0.25) is 0 Å². The van der Waals surface area contributed by atoms with Crippen LogP contribution in [0.5, 0.6) is 0 Å². The Morgan fingerprint density at radius 3 is 2.94 bits per heavy atom. The summed E-state index contributed by atoms with van der Waals surface area (Å²) in [5.74, 6) is 0. The molecule has 1 unspecified atom stereocenters. The number of unbranched alkanes of at least 4 members (excludes halogenated alkanes) is 1. The Labute approximate surface area is 117 Å². The molecule has 3 heteroatoms. The summed E-state index contributed by atoms with van der Waals surface area (Å²) in [5, 5.41) is 1.36. The molecule has 17 heavy (non-hydrogen) atoms. The first-order valence-electron chi connectivity index (χ1n) is 6.26. The van der Waals surface area contributed by atoms with Crippen LogP contribution in [0.15, 0.2) is 30.5 Å². The molecule has 1 aromatic carbocycles. The zero-order valence-electron chi connectivity index (χ0n) is 10.2. The van der Waals surface area contributed by atoms with Gasteiger partial charge in [-0.2, -0.15) is 0 Å². The van der Waals surface area contributed by atoms with Gasteiger partial charge in [-0.25, -0.2) is 0 Å². The number of aromatic amines is 1. The summed E-state index contributed by atoms with van der Waals surface area (Å²) in [4.78, 5) is 3.34.